The van der Waals surface area contributed by atoms with Crippen LogP contribution in [0.4, 0.5) is 0 Å². The monoisotopic (exact) mass is 539 g/mol. The Bertz CT molecular complexity index is 1150. The molecule has 1 N–H and O–H groups in total. The number of aliphatic carboxylic acids is 1. The van der Waals surface area contributed by atoms with Gasteiger partial charge in [0.05, 0.1) is 0 Å². The molecule has 0 aliphatic carbocycles. The zero-order valence-electron chi connectivity index (χ0n) is 22.2. The van der Waals surface area contributed by atoms with Crippen LogP contribution in [0, 0.1) is 0 Å². The fourth-order valence-electron chi connectivity index (χ4n) is 4.38. The van der Waals surface area contributed by atoms with Gasteiger partial charge in [-0.3, -0.25) is 4.79 Å². The molecule has 0 saturated carbocycles. The number of hydrogen-bond donors (Lipinski definition) is 1. The first-order valence-corrected chi connectivity index (χ1v) is 14.0. The molecule has 0 saturated heterocycles. The van der Waals surface area contributed by atoms with Crippen LogP contribution in [0.3, 0.4) is 0 Å². The van der Waals surface area contributed by atoms with Crippen molar-refractivity contribution < 1.29 is 19.2 Å². The molecule has 0 spiro atoms. The molecule has 3 aromatic rings. The molecule has 0 unspecified atom stereocenters. The van der Waals surface area contributed by atoms with E-state index in [1.54, 1.807) is 6.07 Å². The summed E-state index contributed by atoms with van der Waals surface area (Å²) in [4.78, 5) is 29.5. The third-order valence-corrected chi connectivity index (χ3v) is 6.81. The normalized spacial score (nSPS) is 11.0. The predicted molar refractivity (Wildman–Crippen MR) is 149 cm³/mol. The van der Waals surface area contributed by atoms with Gasteiger partial charge in [-0.25, -0.2) is 4.79 Å². The Kier molecular flexibility index (Phi) is 12.3. The summed E-state index contributed by atoms with van der Waals surface area (Å²) >= 11 is 6.04. The van der Waals surface area contributed by atoms with E-state index in [4.69, 9.17) is 16.1 Å². The molecule has 0 radical (unpaired) electrons. The van der Waals surface area contributed by atoms with Crippen LogP contribution in [-0.2, 0) is 29.0 Å². The van der Waals surface area contributed by atoms with Crippen LogP contribution in [0.5, 0.6) is 0 Å². The lowest BCUT2D eigenvalue weighted by Crippen LogP contribution is -2.37. The van der Waals surface area contributed by atoms with Crippen molar-refractivity contribution in [3.63, 3.8) is 0 Å². The molecule has 0 fully saturated rings. The summed E-state index contributed by atoms with van der Waals surface area (Å²) in [6.07, 6.45) is 12.7. The smallest absolute Gasteiger partial charge is 0.394 e. The molecular formula is C30H38ClN3O4. The van der Waals surface area contributed by atoms with Crippen LogP contribution in [0.25, 0.3) is 11.5 Å². The summed E-state index contributed by atoms with van der Waals surface area (Å²) in [6, 6.07) is 14.7. The maximum atomic E-state index is 12.3. The summed E-state index contributed by atoms with van der Waals surface area (Å²) in [5, 5.41) is 14.0. The van der Waals surface area contributed by atoms with Crippen LogP contribution in [0.1, 0.15) is 81.7 Å². The first-order valence-electron chi connectivity index (χ1n) is 13.6. The highest BCUT2D eigenvalue weighted by Crippen LogP contribution is 2.20. The van der Waals surface area contributed by atoms with Gasteiger partial charge in [-0.15, -0.1) is 0 Å². The molecule has 38 heavy (non-hydrogen) atoms. The summed E-state index contributed by atoms with van der Waals surface area (Å²) in [5.41, 5.74) is 2.53. The second-order valence-corrected chi connectivity index (χ2v) is 10.1. The Balaban J connectivity index is 1.48. The number of benzene rings is 2. The van der Waals surface area contributed by atoms with Crippen molar-refractivity contribution in [1.82, 2.24) is 15.0 Å². The van der Waals surface area contributed by atoms with Gasteiger partial charge in [0.25, 0.3) is 5.89 Å². The highest BCUT2D eigenvalue weighted by atomic mass is 35.5. The molecule has 0 atom stereocenters. The molecule has 0 bridgehead atoms. The molecule has 1 aromatic heterocycles. The molecule has 1 heterocycles. The lowest BCUT2D eigenvalue weighted by molar-refractivity contribution is -0.156. The third-order valence-electron chi connectivity index (χ3n) is 6.58. The van der Waals surface area contributed by atoms with E-state index in [-0.39, 0.29) is 13.1 Å². The Morgan fingerprint density at radius 2 is 1.58 bits per heavy atom. The predicted octanol–water partition coefficient (Wildman–Crippen LogP) is 7.12. The maximum absolute atomic E-state index is 12.3. The van der Waals surface area contributed by atoms with Crippen LogP contribution < -0.4 is 0 Å². The number of nitrogens with zero attached hydrogens (tertiary/aromatic N) is 3. The molecule has 0 aliphatic heterocycles. The van der Waals surface area contributed by atoms with E-state index in [1.165, 1.54) is 56.3 Å². The van der Waals surface area contributed by atoms with Crippen molar-refractivity contribution in [3.05, 3.63) is 70.5 Å². The van der Waals surface area contributed by atoms with Gasteiger partial charge in [0.15, 0.2) is 5.82 Å². The van der Waals surface area contributed by atoms with E-state index < -0.39 is 11.9 Å². The van der Waals surface area contributed by atoms with Gasteiger partial charge in [-0.2, -0.15) is 4.98 Å². The number of carbonyl (C=O) groups is 2. The van der Waals surface area contributed by atoms with Crippen LogP contribution in [0.2, 0.25) is 5.02 Å². The number of carboxylic acids is 1. The lowest BCUT2D eigenvalue weighted by Gasteiger charge is -2.21. The van der Waals surface area contributed by atoms with Crippen molar-refractivity contribution in [2.45, 2.75) is 84.1 Å². The van der Waals surface area contributed by atoms with Gasteiger partial charge in [0.1, 0.15) is 0 Å². The second-order valence-electron chi connectivity index (χ2n) is 9.70. The van der Waals surface area contributed by atoms with E-state index in [0.717, 1.165) is 29.5 Å². The Morgan fingerprint density at radius 3 is 2.24 bits per heavy atom. The van der Waals surface area contributed by atoms with Crippen molar-refractivity contribution in [2.24, 2.45) is 0 Å². The minimum atomic E-state index is -1.47. The van der Waals surface area contributed by atoms with Gasteiger partial charge in [-0.05, 0) is 48.2 Å². The molecule has 0 aliphatic rings. The third kappa shape index (κ3) is 9.93. The Hall–Kier alpha value is -3.19. The Labute approximate surface area is 230 Å². The zero-order chi connectivity index (χ0) is 27.2. The molecule has 3 rings (SSSR count). The number of rotatable bonds is 16. The van der Waals surface area contributed by atoms with Crippen molar-refractivity contribution in [3.8, 4) is 11.5 Å². The quantitative estimate of drug-likeness (QED) is 0.154. The van der Waals surface area contributed by atoms with E-state index in [9.17, 15) is 14.7 Å². The standard InChI is InChI=1S/C30H38ClN3O4/c1-2-3-4-5-6-7-8-9-10-14-27-32-28(38-33-27)25-17-15-24(16-18-25)22-34(29(35)30(36)37)20-19-23-12-11-13-26(31)21-23/h11-13,15-18,21H,2-10,14,19-20,22H2,1H3,(H,36,37). The highest BCUT2D eigenvalue weighted by molar-refractivity contribution is 6.31. The minimum absolute atomic E-state index is 0.180. The van der Waals surface area contributed by atoms with Gasteiger partial charge < -0.3 is 14.5 Å². The first kappa shape index (κ1) is 29.4. The zero-order valence-corrected chi connectivity index (χ0v) is 23.0. The maximum Gasteiger partial charge on any atom is 0.394 e. The van der Waals surface area contributed by atoms with E-state index >= 15 is 0 Å². The van der Waals surface area contributed by atoms with Crippen molar-refractivity contribution >= 4 is 23.5 Å². The van der Waals surface area contributed by atoms with Crippen LogP contribution >= 0.6 is 11.6 Å². The minimum Gasteiger partial charge on any atom is -0.474 e. The van der Waals surface area contributed by atoms with Crippen LogP contribution in [0.15, 0.2) is 53.1 Å². The summed E-state index contributed by atoms with van der Waals surface area (Å²) < 4.78 is 5.46. The molecule has 1 amide bonds. The van der Waals surface area contributed by atoms with Gasteiger partial charge in [-0.1, -0.05) is 99.3 Å². The van der Waals surface area contributed by atoms with E-state index in [1.807, 2.05) is 42.5 Å². The number of hydrogen-bond acceptors (Lipinski definition) is 5. The number of aryl methyl sites for hydroxylation is 1. The molecular weight excluding hydrogens is 502 g/mol. The van der Waals surface area contributed by atoms with Gasteiger partial charge in [0, 0.05) is 30.1 Å². The number of unbranched alkanes of at least 4 members (excludes halogenated alkanes) is 8. The number of aromatic nitrogens is 2. The topological polar surface area (TPSA) is 96.5 Å². The van der Waals surface area contributed by atoms with E-state index in [0.29, 0.717) is 23.2 Å². The second kappa shape index (κ2) is 15.9. The molecule has 8 heteroatoms. The summed E-state index contributed by atoms with van der Waals surface area (Å²) in [7, 11) is 0. The summed E-state index contributed by atoms with van der Waals surface area (Å²) in [5.74, 6) is -1.24. The number of amides is 1. The average molecular weight is 540 g/mol. The number of halogens is 1. The molecule has 7 nitrogen and oxygen atoms in total. The fourth-order valence-corrected chi connectivity index (χ4v) is 4.60. The largest absolute Gasteiger partial charge is 0.474 e. The number of carbonyl (C=O) groups excluding carboxylic acids is 1. The fraction of sp³-hybridized carbons (Fsp3) is 0.467. The van der Waals surface area contributed by atoms with Crippen LogP contribution in [-0.4, -0.2) is 38.6 Å². The average Bonchev–Trinajstić information content (AvgIpc) is 3.39. The van der Waals surface area contributed by atoms with Gasteiger partial charge >= 0.3 is 11.9 Å². The Morgan fingerprint density at radius 1 is 0.895 bits per heavy atom. The van der Waals surface area contributed by atoms with E-state index in [2.05, 4.69) is 17.1 Å². The van der Waals surface area contributed by atoms with Crippen molar-refractivity contribution in [1.29, 1.82) is 0 Å². The first-order chi connectivity index (χ1) is 18.5. The lowest BCUT2D eigenvalue weighted by atomic mass is 10.1. The van der Waals surface area contributed by atoms with Crippen molar-refractivity contribution in [2.75, 3.05) is 6.54 Å². The molecule has 2 aromatic carbocycles. The number of carboxylic acid groups (broad SMARTS) is 1. The van der Waals surface area contributed by atoms with Gasteiger partial charge in [0.2, 0.25) is 0 Å². The molecule has 204 valence electrons. The highest BCUT2D eigenvalue weighted by Gasteiger charge is 2.21. The SMILES string of the molecule is CCCCCCCCCCCc1noc(-c2ccc(CN(CCc3cccc(Cl)c3)C(=O)C(=O)O)cc2)n1. The summed E-state index contributed by atoms with van der Waals surface area (Å²) in [6.45, 7) is 2.68.